The summed E-state index contributed by atoms with van der Waals surface area (Å²) in [5.41, 5.74) is 2.54. The molecule has 2 unspecified atom stereocenters. The molecular weight excluding hydrogens is 801 g/mol. The highest BCUT2D eigenvalue weighted by atomic mass is 32.2. The van der Waals surface area contributed by atoms with Gasteiger partial charge in [-0.25, -0.2) is 0 Å². The van der Waals surface area contributed by atoms with Crippen molar-refractivity contribution in [2.24, 2.45) is 0 Å². The highest BCUT2D eigenvalue weighted by Gasteiger charge is 2.53. The number of rotatable bonds is 11. The molecule has 4 aromatic carbocycles. The predicted molar refractivity (Wildman–Crippen MR) is 199 cm³/mol. The van der Waals surface area contributed by atoms with Gasteiger partial charge < -0.3 is 48.1 Å². The van der Waals surface area contributed by atoms with Crippen LogP contribution in [0.25, 0.3) is 11.1 Å². The van der Waals surface area contributed by atoms with E-state index in [1.165, 1.54) is 62.8 Å². The highest BCUT2D eigenvalue weighted by molar-refractivity contribution is 7.87. The molecule has 58 heavy (non-hydrogen) atoms. The van der Waals surface area contributed by atoms with Crippen LogP contribution in [0.5, 0.6) is 0 Å². The Morgan fingerprint density at radius 2 is 0.879 bits per heavy atom. The summed E-state index contributed by atoms with van der Waals surface area (Å²) in [6.07, 6.45) is -13.4. The topological polar surface area (TPSA) is 201 Å². The number of aliphatic hydroxyl groups excluding tert-OH is 2. The lowest BCUT2D eigenvalue weighted by Crippen LogP contribution is -2.63. The third kappa shape index (κ3) is 8.36. The van der Waals surface area contributed by atoms with E-state index in [2.05, 4.69) is 0 Å². The van der Waals surface area contributed by atoms with Crippen molar-refractivity contribution in [3.05, 3.63) is 120 Å². The van der Waals surface area contributed by atoms with Crippen molar-refractivity contribution in [1.29, 1.82) is 0 Å². The molecule has 4 saturated heterocycles. The first kappa shape index (κ1) is 41.1. The molecule has 18 heteroatoms. The van der Waals surface area contributed by atoms with Gasteiger partial charge in [0, 0.05) is 25.3 Å². The van der Waals surface area contributed by atoms with Crippen molar-refractivity contribution in [2.75, 3.05) is 27.4 Å². The van der Waals surface area contributed by atoms with E-state index in [1.54, 1.807) is 24.3 Å². The molecule has 16 nitrogen and oxygen atoms in total. The van der Waals surface area contributed by atoms with Crippen molar-refractivity contribution in [2.45, 2.75) is 83.8 Å². The van der Waals surface area contributed by atoms with Crippen LogP contribution < -0.4 is 0 Å². The van der Waals surface area contributed by atoms with Gasteiger partial charge in [-0.3, -0.25) is 8.37 Å². The van der Waals surface area contributed by atoms with Crippen LogP contribution in [0, 0.1) is 0 Å². The van der Waals surface area contributed by atoms with Gasteiger partial charge in [-0.2, -0.15) is 16.8 Å². The summed E-state index contributed by atoms with van der Waals surface area (Å²) in [5, 5.41) is 22.6. The second kappa shape index (κ2) is 17.1. The molecule has 4 aliphatic rings. The Balaban J connectivity index is 0.924. The summed E-state index contributed by atoms with van der Waals surface area (Å²) in [6, 6.07) is 29.5. The molecule has 8 rings (SSSR count). The summed E-state index contributed by atoms with van der Waals surface area (Å²) in [6.45, 7) is 0.133. The smallest absolute Gasteiger partial charge is 0.297 e. The molecule has 2 N–H and O–H groups in total. The van der Waals surface area contributed by atoms with E-state index in [1.807, 2.05) is 36.4 Å². The minimum absolute atomic E-state index is 0.0667. The Labute approximate surface area is 335 Å². The lowest BCUT2D eigenvalue weighted by molar-refractivity contribution is -0.354. The molecule has 0 spiro atoms. The summed E-state index contributed by atoms with van der Waals surface area (Å²) < 4.78 is 111. The molecule has 4 aliphatic heterocycles. The van der Waals surface area contributed by atoms with Gasteiger partial charge in [-0.15, -0.1) is 0 Å². The molecule has 310 valence electrons. The fraction of sp³-hybridized carbons (Fsp3) is 0.400. The van der Waals surface area contributed by atoms with Crippen molar-refractivity contribution >= 4 is 20.2 Å². The summed E-state index contributed by atoms with van der Waals surface area (Å²) in [7, 11) is -6.34. The van der Waals surface area contributed by atoms with Crippen LogP contribution in [0.2, 0.25) is 0 Å². The molecule has 0 aromatic heterocycles. The maximum absolute atomic E-state index is 13.5. The van der Waals surface area contributed by atoms with Crippen molar-refractivity contribution < 1.29 is 73.3 Å². The fourth-order valence-corrected chi connectivity index (χ4v) is 9.46. The normalized spacial score (nSPS) is 32.8. The number of aliphatic hydroxyl groups is 2. The van der Waals surface area contributed by atoms with Crippen molar-refractivity contribution in [1.82, 2.24) is 0 Å². The Kier molecular flexibility index (Phi) is 12.1. The maximum atomic E-state index is 13.5. The fourth-order valence-electron chi connectivity index (χ4n) is 7.31. The highest BCUT2D eigenvalue weighted by Crippen LogP contribution is 2.38. The number of fused-ring (bicyclic) bond motifs is 2. The van der Waals surface area contributed by atoms with Crippen LogP contribution in [0.15, 0.2) is 119 Å². The van der Waals surface area contributed by atoms with Crippen LogP contribution >= 0.6 is 0 Å². The van der Waals surface area contributed by atoms with E-state index in [0.717, 1.165) is 0 Å². The predicted octanol–water partition coefficient (Wildman–Crippen LogP) is 3.19. The van der Waals surface area contributed by atoms with E-state index >= 15 is 0 Å². The van der Waals surface area contributed by atoms with E-state index in [-0.39, 0.29) is 23.0 Å². The summed E-state index contributed by atoms with van der Waals surface area (Å²) in [4.78, 5) is -0.426. The van der Waals surface area contributed by atoms with Crippen LogP contribution in [-0.4, -0.2) is 116 Å². The molecule has 0 aliphatic carbocycles. The zero-order valence-corrected chi connectivity index (χ0v) is 32.8. The molecule has 0 saturated carbocycles. The van der Waals surface area contributed by atoms with Gasteiger partial charge in [0.05, 0.1) is 23.0 Å². The first-order valence-electron chi connectivity index (χ1n) is 18.4. The average Bonchev–Trinajstić information content (AvgIpc) is 3.26. The van der Waals surface area contributed by atoms with E-state index < -0.39 is 94.2 Å². The second-order valence-electron chi connectivity index (χ2n) is 14.0. The number of methoxy groups -OCH3 is 2. The first-order valence-corrected chi connectivity index (χ1v) is 21.2. The molecule has 4 fully saturated rings. The Hall–Kier alpha value is -3.70. The van der Waals surface area contributed by atoms with Crippen LogP contribution in [0.4, 0.5) is 0 Å². The monoisotopic (exact) mass is 842 g/mol. The van der Waals surface area contributed by atoms with E-state index in [0.29, 0.717) is 22.3 Å². The Morgan fingerprint density at radius 3 is 1.22 bits per heavy atom. The first-order chi connectivity index (χ1) is 28.0. The minimum Gasteiger partial charge on any atom is -0.387 e. The zero-order valence-electron chi connectivity index (χ0n) is 31.2. The third-order valence-corrected chi connectivity index (χ3v) is 13.0. The van der Waals surface area contributed by atoms with Gasteiger partial charge in [-0.1, -0.05) is 84.9 Å². The lowest BCUT2D eigenvalue weighted by Gasteiger charge is -2.46. The quantitative estimate of drug-likeness (QED) is 0.208. The van der Waals surface area contributed by atoms with Gasteiger partial charge in [0.2, 0.25) is 0 Å². The number of hydrogen-bond acceptors (Lipinski definition) is 16. The number of benzene rings is 4. The molecule has 0 bridgehead atoms. The van der Waals surface area contributed by atoms with Crippen LogP contribution in [-0.2, 0) is 66.5 Å². The molecule has 4 aromatic rings. The van der Waals surface area contributed by atoms with Crippen LogP contribution in [0.3, 0.4) is 0 Å². The Morgan fingerprint density at radius 1 is 0.517 bits per heavy atom. The number of ether oxygens (including phenoxy) is 8. The average molecular weight is 843 g/mol. The summed E-state index contributed by atoms with van der Waals surface area (Å²) >= 11 is 0. The SMILES string of the molecule is CO[C@H]1O[C@@H]2COC(c3ccccc3)O[C@H]2[C@H](O)[C@@H]1OS(=O)(=O)c1ccc(-c2ccc(S(=O)(=O)O[C@@H]3[C@@H](OC)O[C@@H]4COC(c5ccccc5)O[C@H]4[C@@H]3O)cc2)cc1. The Bertz CT molecular complexity index is 2050. The third-order valence-electron chi connectivity index (χ3n) is 10.3. The molecule has 0 amide bonds. The van der Waals surface area contributed by atoms with E-state index in [4.69, 9.17) is 46.3 Å². The van der Waals surface area contributed by atoms with Gasteiger partial charge in [-0.05, 0) is 35.4 Å². The maximum Gasteiger partial charge on any atom is 0.297 e. The van der Waals surface area contributed by atoms with Crippen molar-refractivity contribution in [3.63, 3.8) is 0 Å². The van der Waals surface area contributed by atoms with Gasteiger partial charge in [0.15, 0.2) is 37.4 Å². The van der Waals surface area contributed by atoms with Crippen LogP contribution in [0.1, 0.15) is 23.7 Å². The standard InChI is InChI=1S/C40H42O16S2/c1-47-39-35(31(41)33-29(51-39)21-49-37(53-33)25-9-5-3-6-10-25)55-57(43,44)27-17-13-23(14-18-27)24-15-19-28(20-16-24)58(45,46)56-36-32(42)34-30(52-40(36)48-2)22-50-38(54-34)26-11-7-4-8-12-26/h3-20,29-42H,21-22H2,1-2H3/t29-,30-,31+,32+,33-,34-,35+,36+,37?,38?,39+,40+/m1/s1. The number of hydrogen-bond donors (Lipinski definition) is 2. The zero-order chi connectivity index (χ0) is 40.6. The van der Waals surface area contributed by atoms with Gasteiger partial charge >= 0.3 is 0 Å². The lowest BCUT2D eigenvalue weighted by atomic mass is 9.98. The van der Waals surface area contributed by atoms with Gasteiger partial charge in [0.25, 0.3) is 20.2 Å². The summed E-state index contributed by atoms with van der Waals surface area (Å²) in [5.74, 6) is 0. The van der Waals surface area contributed by atoms with Crippen molar-refractivity contribution in [3.8, 4) is 11.1 Å². The molecular formula is C40H42O16S2. The largest absolute Gasteiger partial charge is 0.387 e. The second-order valence-corrected chi connectivity index (χ2v) is 17.1. The van der Waals surface area contributed by atoms with E-state index in [9.17, 15) is 27.0 Å². The van der Waals surface area contributed by atoms with Gasteiger partial charge in [0.1, 0.15) is 36.6 Å². The minimum atomic E-state index is -4.47. The molecule has 12 atom stereocenters. The molecule has 4 heterocycles. The molecule has 0 radical (unpaired) electrons.